The van der Waals surface area contributed by atoms with Crippen molar-refractivity contribution in [2.24, 2.45) is 0 Å². The number of ether oxygens (including phenoxy) is 10. The van der Waals surface area contributed by atoms with Crippen molar-refractivity contribution in [1.82, 2.24) is 0 Å². The maximum absolute atomic E-state index is 12.8. The van der Waals surface area contributed by atoms with E-state index in [0.717, 1.165) is 23.8 Å². The predicted octanol–water partition coefficient (Wildman–Crippen LogP) is -7.55. The van der Waals surface area contributed by atoms with E-state index in [1.807, 2.05) is 0 Å². The minimum atomic E-state index is -4.43. The summed E-state index contributed by atoms with van der Waals surface area (Å²) in [5.41, 5.74) is 0.353. The number of nitro groups is 1. The summed E-state index contributed by atoms with van der Waals surface area (Å²) in [6.07, 6.45) is -48.6. The Labute approximate surface area is 435 Å². The molecule has 33 heteroatoms. The summed E-state index contributed by atoms with van der Waals surface area (Å²) in [6, 6.07) is 8.60. The fourth-order valence-electron chi connectivity index (χ4n) is 8.86. The molecular weight excluding hydrogens is 1080 g/mol. The van der Waals surface area contributed by atoms with E-state index in [1.165, 1.54) is 24.3 Å². The molecule has 430 valence electrons. The van der Waals surface area contributed by atoms with Gasteiger partial charge in [-0.25, -0.2) is 0 Å². The van der Waals surface area contributed by atoms with E-state index in [-0.39, 0.29) is 15.7 Å². The number of hydrogen-bond donors (Lipinski definition) is 15. The van der Waals surface area contributed by atoms with E-state index >= 15 is 0 Å². The summed E-state index contributed by atoms with van der Waals surface area (Å²) in [6.45, 7) is -3.21. The molecule has 5 aliphatic rings. The minimum absolute atomic E-state index is 0.218. The van der Waals surface area contributed by atoms with Crippen molar-refractivity contribution in [3.63, 3.8) is 0 Å². The van der Waals surface area contributed by atoms with Crippen LogP contribution in [0.25, 0.3) is 0 Å². The van der Waals surface area contributed by atoms with Crippen molar-refractivity contribution in [1.29, 1.82) is 0 Å². The van der Waals surface area contributed by atoms with Gasteiger partial charge >= 0.3 is 0 Å². The average Bonchev–Trinajstić information content (AvgIpc) is 3.39. The first-order valence-electron chi connectivity index (χ1n) is 23.3. The maximum atomic E-state index is 12.8. The molecule has 0 unspecified atom stereocenters. The van der Waals surface area contributed by atoms with Crippen molar-refractivity contribution >= 4 is 27.4 Å². The third-order valence-corrected chi connectivity index (χ3v) is 14.8. The second-order valence-electron chi connectivity index (χ2n) is 18.3. The van der Waals surface area contributed by atoms with Crippen molar-refractivity contribution < 1.29 is 141 Å². The van der Waals surface area contributed by atoms with Crippen LogP contribution in [0.15, 0.2) is 47.4 Å². The molecule has 0 aromatic heterocycles. The molecule has 2 aromatic rings. The predicted molar refractivity (Wildman–Crippen MR) is 240 cm³/mol. The summed E-state index contributed by atoms with van der Waals surface area (Å²) in [4.78, 5) is 10.1. The molecule has 0 aliphatic carbocycles. The van der Waals surface area contributed by atoms with Gasteiger partial charge in [-0.05, 0) is 25.1 Å². The zero-order valence-corrected chi connectivity index (χ0v) is 41.1. The van der Waals surface area contributed by atoms with E-state index in [2.05, 4.69) is 0 Å². The van der Waals surface area contributed by atoms with Crippen LogP contribution in [-0.2, 0) is 56.9 Å². The van der Waals surface area contributed by atoms with E-state index in [9.17, 15) is 95.1 Å². The molecule has 76 heavy (non-hydrogen) atoms. The zero-order valence-electron chi connectivity index (χ0n) is 39.6. The Hall–Kier alpha value is -3.12. The summed E-state index contributed by atoms with van der Waals surface area (Å²) >= 11 is 6.08. The Bertz CT molecular complexity index is 2320. The molecule has 15 N–H and O–H groups in total. The number of non-ortho nitro benzene ring substituents is 1. The van der Waals surface area contributed by atoms with E-state index in [4.69, 9.17) is 63.2 Å². The van der Waals surface area contributed by atoms with Crippen LogP contribution < -0.4 is 4.74 Å². The highest BCUT2D eigenvalue weighted by molar-refractivity contribution is 7.86. The lowest BCUT2D eigenvalue weighted by Crippen LogP contribution is -2.68. The van der Waals surface area contributed by atoms with Crippen molar-refractivity contribution in [2.45, 2.75) is 165 Å². The Morgan fingerprint density at radius 1 is 0.513 bits per heavy atom. The Morgan fingerprint density at radius 2 is 0.868 bits per heavy atom. The molecule has 5 saturated heterocycles. The van der Waals surface area contributed by atoms with E-state index < -0.39 is 207 Å². The van der Waals surface area contributed by atoms with Gasteiger partial charge in [0, 0.05) is 12.1 Å². The summed E-state index contributed by atoms with van der Waals surface area (Å²) in [7, 11) is -4.43. The lowest BCUT2D eigenvalue weighted by atomic mass is 9.95. The molecule has 5 aliphatic heterocycles. The molecule has 31 nitrogen and oxygen atoms in total. The fraction of sp³-hybridized carbons (Fsp3) is 0.721. The SMILES string of the molecule is Cc1ccc(S(=O)(=O)OC[C@H]2O[C@H](O[C@H]3[C@H](O)[C@@H](O)[C@@H](O[C@H]4[C@H](O)[C@@H](O)[C@@H](O[C@H]5[C@H](O)[C@@H](O)[C@@H](O[C@H]6[C@H](O)[C@@H](O)[C@H](Oc7ccc([N+](=O)[O-])cc7Cl)O[C@@H]6CO)O[C@@H]5CO)O[C@@H]4CO)O[C@@H]3CO)[C@H](O)[C@@H](O)[C@@H]2O)cc1. The second-order valence-corrected chi connectivity index (χ2v) is 20.3. The maximum Gasteiger partial charge on any atom is 0.297 e. The van der Waals surface area contributed by atoms with Gasteiger partial charge < -0.3 is 124 Å². The van der Waals surface area contributed by atoms with Crippen LogP contribution in [0.4, 0.5) is 5.69 Å². The van der Waals surface area contributed by atoms with Gasteiger partial charge in [0.05, 0.1) is 47.9 Å². The quantitative estimate of drug-likeness (QED) is 0.0353. The zero-order chi connectivity index (χ0) is 55.7. The molecule has 2 aromatic carbocycles. The minimum Gasteiger partial charge on any atom is -0.460 e. The van der Waals surface area contributed by atoms with Crippen molar-refractivity contribution in [3.8, 4) is 5.75 Å². The molecule has 0 amide bonds. The van der Waals surface area contributed by atoms with Crippen LogP contribution in [0, 0.1) is 17.0 Å². The number of benzene rings is 2. The van der Waals surface area contributed by atoms with Crippen LogP contribution in [0.2, 0.25) is 5.02 Å². The van der Waals surface area contributed by atoms with Crippen molar-refractivity contribution in [3.05, 3.63) is 63.2 Å². The van der Waals surface area contributed by atoms with Gasteiger partial charge in [-0.3, -0.25) is 14.3 Å². The highest BCUT2D eigenvalue weighted by Gasteiger charge is 2.57. The molecule has 7 rings (SSSR count). The standard InChI is InChI=1S/C43H60ClNO30S/c1-14-2-5-16(6-3-14)76(63,64)65-13-23-24(50)25(51)30(56)40(71-23)72-36-20(10-47)68-42(32(58)27(36)53)74-38-22(12-49)70-43(34(60)29(38)55)75-37-21(11-48)69-41(33(59)28(37)54)73-35-19(9-46)67-39(31(57)26(35)52)66-18-7-4-15(45(61)62)8-17(18)44/h2-8,19-43,46-60H,9-13H2,1H3/t19-,20-,21-,22-,23-,24-,25+,26-,27-,28-,29-,30-,31-,32-,33-,34-,35-,36-,37-,38-,39-,40-,41-,42-,43-/m1/s1. The third-order valence-electron chi connectivity index (χ3n) is 13.2. The second kappa shape index (κ2) is 25.6. The van der Waals surface area contributed by atoms with Gasteiger partial charge in [0.25, 0.3) is 15.8 Å². The number of aliphatic hydroxyl groups excluding tert-OH is 15. The van der Waals surface area contributed by atoms with Gasteiger partial charge in [0.2, 0.25) is 6.29 Å². The lowest BCUT2D eigenvalue weighted by Gasteiger charge is -2.49. The number of nitro benzene ring substituents is 1. The number of rotatable bonds is 19. The molecule has 0 spiro atoms. The number of nitrogens with zero attached hydrogens (tertiary/aromatic N) is 1. The molecule has 0 bridgehead atoms. The fourth-order valence-corrected chi connectivity index (χ4v) is 10.00. The normalized spacial score (nSPS) is 42.4. The largest absolute Gasteiger partial charge is 0.460 e. The average molecular weight is 1140 g/mol. The van der Waals surface area contributed by atoms with Crippen LogP contribution >= 0.6 is 11.6 Å². The summed E-state index contributed by atoms with van der Waals surface area (Å²) < 4.78 is 86.8. The van der Waals surface area contributed by atoms with E-state index in [0.29, 0.717) is 0 Å². The highest BCUT2D eigenvalue weighted by atomic mass is 35.5. The Morgan fingerprint density at radius 3 is 1.24 bits per heavy atom. The first-order chi connectivity index (χ1) is 35.9. The number of halogens is 1. The van der Waals surface area contributed by atoms with Gasteiger partial charge in [0.15, 0.2) is 25.2 Å². The van der Waals surface area contributed by atoms with E-state index in [1.54, 1.807) is 6.92 Å². The number of hydrogen-bond acceptors (Lipinski definition) is 30. The number of aryl methyl sites for hydroxylation is 1. The molecule has 5 heterocycles. The smallest absolute Gasteiger partial charge is 0.297 e. The molecule has 0 saturated carbocycles. The summed E-state index contributed by atoms with van der Waals surface area (Å²) in [5, 5.41) is 173. The van der Waals surface area contributed by atoms with Crippen molar-refractivity contribution in [2.75, 3.05) is 33.0 Å². The first-order valence-corrected chi connectivity index (χ1v) is 25.1. The number of aliphatic hydroxyl groups is 15. The van der Waals surface area contributed by atoms with Gasteiger partial charge in [-0.1, -0.05) is 29.3 Å². The molecule has 25 atom stereocenters. The van der Waals surface area contributed by atoms with Crippen LogP contribution in [0.1, 0.15) is 5.56 Å². The molecular formula is C43H60ClNO30S. The molecule has 5 fully saturated rings. The summed E-state index contributed by atoms with van der Waals surface area (Å²) in [5.74, 6) is -0.218. The third kappa shape index (κ3) is 12.9. The van der Waals surface area contributed by atoms with Crippen LogP contribution in [-0.4, -0.2) is 277 Å². The van der Waals surface area contributed by atoms with Crippen LogP contribution in [0.5, 0.6) is 5.75 Å². The Balaban J connectivity index is 0.953. The van der Waals surface area contributed by atoms with Gasteiger partial charge in [-0.2, -0.15) is 8.42 Å². The first kappa shape index (κ1) is 60.5. The van der Waals surface area contributed by atoms with Gasteiger partial charge in [-0.15, -0.1) is 0 Å². The highest BCUT2D eigenvalue weighted by Crippen LogP contribution is 2.37. The Kier molecular flexibility index (Phi) is 20.3. The molecule has 0 radical (unpaired) electrons. The van der Waals surface area contributed by atoms with Crippen LogP contribution in [0.3, 0.4) is 0 Å². The van der Waals surface area contributed by atoms with Gasteiger partial charge in [0.1, 0.15) is 128 Å². The topological polar surface area (TPSA) is 482 Å². The lowest BCUT2D eigenvalue weighted by molar-refractivity contribution is -0.392. The monoisotopic (exact) mass is 1140 g/mol.